The van der Waals surface area contributed by atoms with Crippen LogP contribution in [0.2, 0.25) is 6.04 Å². The van der Waals surface area contributed by atoms with Gasteiger partial charge in [0.15, 0.2) is 4.34 Å². The summed E-state index contributed by atoms with van der Waals surface area (Å²) in [5.41, 5.74) is 1.09. The molecule has 0 N–H and O–H groups in total. The molecular formula is C14H21NO3S7Si. The molecule has 0 aliphatic carbocycles. The Balaban J connectivity index is 1.47. The Bertz CT molecular complexity index is 603. The Hall–Kier alpha value is 1.31. The van der Waals surface area contributed by atoms with Crippen LogP contribution < -0.4 is 0 Å². The Morgan fingerprint density at radius 1 is 0.962 bits per heavy atom. The number of aromatic nitrogens is 1. The summed E-state index contributed by atoms with van der Waals surface area (Å²) in [7, 11) is 13.4. The van der Waals surface area contributed by atoms with Crippen molar-refractivity contribution in [2.24, 2.45) is 0 Å². The van der Waals surface area contributed by atoms with E-state index in [1.165, 1.54) is 4.70 Å². The summed E-state index contributed by atoms with van der Waals surface area (Å²) in [6.07, 6.45) is 2.21. The normalized spacial score (nSPS) is 12.1. The SMILES string of the molecule is CO[Si](CCCCSSSSSSc1nc2ccccc2s1)(OC)OC. The van der Waals surface area contributed by atoms with Crippen molar-refractivity contribution < 1.29 is 13.3 Å². The van der Waals surface area contributed by atoms with Gasteiger partial charge in [0.25, 0.3) is 0 Å². The highest BCUT2D eigenvalue weighted by molar-refractivity contribution is 9.41. The Kier molecular flexibility index (Phi) is 12.3. The third kappa shape index (κ3) is 7.97. The lowest BCUT2D eigenvalue weighted by molar-refractivity contribution is 0.123. The first-order chi connectivity index (χ1) is 12.7. The van der Waals surface area contributed by atoms with Crippen molar-refractivity contribution in [3.05, 3.63) is 24.3 Å². The molecule has 26 heavy (non-hydrogen) atoms. The van der Waals surface area contributed by atoms with Gasteiger partial charge in [-0.1, -0.05) is 22.9 Å². The summed E-state index contributed by atoms with van der Waals surface area (Å²) in [5.74, 6) is 1.12. The fourth-order valence-electron chi connectivity index (χ4n) is 2.06. The maximum absolute atomic E-state index is 5.43. The van der Waals surface area contributed by atoms with Gasteiger partial charge in [-0.05, 0) is 75.1 Å². The number of para-hydroxylation sites is 1. The van der Waals surface area contributed by atoms with E-state index < -0.39 is 8.80 Å². The molecule has 0 amide bonds. The number of fused-ring (bicyclic) bond motifs is 1. The zero-order valence-corrected chi connectivity index (χ0v) is 21.4. The van der Waals surface area contributed by atoms with Crippen LogP contribution in [-0.4, -0.2) is 40.9 Å². The molecule has 4 nitrogen and oxygen atoms in total. The van der Waals surface area contributed by atoms with Crippen LogP contribution in [0.1, 0.15) is 12.8 Å². The molecular weight excluding hydrogens is 483 g/mol. The predicted molar refractivity (Wildman–Crippen MR) is 129 cm³/mol. The van der Waals surface area contributed by atoms with Gasteiger partial charge in [0, 0.05) is 33.1 Å². The van der Waals surface area contributed by atoms with E-state index in [-0.39, 0.29) is 0 Å². The van der Waals surface area contributed by atoms with E-state index in [1.54, 1.807) is 72.9 Å². The first-order valence-electron chi connectivity index (χ1n) is 7.70. The summed E-state index contributed by atoms with van der Waals surface area (Å²) in [6, 6.07) is 9.15. The topological polar surface area (TPSA) is 40.6 Å². The number of benzene rings is 1. The summed E-state index contributed by atoms with van der Waals surface area (Å²) in [5, 5.41) is 0. The van der Waals surface area contributed by atoms with Crippen LogP contribution in [0.4, 0.5) is 0 Å². The lowest BCUT2D eigenvalue weighted by Gasteiger charge is -2.24. The predicted octanol–water partition coefficient (Wildman–Crippen LogP) is 7.29. The van der Waals surface area contributed by atoms with Crippen LogP contribution in [-0.2, 0) is 13.3 Å². The molecule has 2 rings (SSSR count). The number of hydrogen-bond donors (Lipinski definition) is 0. The highest BCUT2D eigenvalue weighted by Crippen LogP contribution is 2.54. The van der Waals surface area contributed by atoms with Crippen molar-refractivity contribution in [1.82, 2.24) is 4.98 Å². The molecule has 0 saturated heterocycles. The Morgan fingerprint density at radius 2 is 1.69 bits per heavy atom. The molecule has 146 valence electrons. The average molecular weight is 504 g/mol. The third-order valence-corrected chi connectivity index (χ3v) is 18.3. The molecule has 0 aliphatic rings. The van der Waals surface area contributed by atoms with E-state index in [0.717, 1.165) is 34.5 Å². The standard InChI is InChI=1S/C14H21NO3S7Si/c1-16-26(17-2,18-3)11-7-6-10-19-22-24-25-23-21-14-15-12-8-4-5-9-13(12)20-14/h4-5,8-9H,6-7,10-11H2,1-3H3. The van der Waals surface area contributed by atoms with Gasteiger partial charge in [0.05, 0.1) is 10.2 Å². The van der Waals surface area contributed by atoms with Crippen molar-refractivity contribution in [3.63, 3.8) is 0 Å². The minimum Gasteiger partial charge on any atom is -0.377 e. The number of unbranched alkanes of at least 4 members (excludes halogenated alkanes) is 1. The molecule has 0 aliphatic heterocycles. The molecule has 12 heteroatoms. The van der Waals surface area contributed by atoms with Crippen molar-refractivity contribution in [3.8, 4) is 0 Å². The van der Waals surface area contributed by atoms with Gasteiger partial charge in [0.1, 0.15) is 0 Å². The molecule has 0 unspecified atom stereocenters. The van der Waals surface area contributed by atoms with E-state index in [4.69, 9.17) is 13.3 Å². The molecule has 0 atom stereocenters. The number of nitrogens with zero attached hydrogens (tertiary/aromatic N) is 1. The zero-order chi connectivity index (χ0) is 18.7. The zero-order valence-electron chi connectivity index (χ0n) is 14.7. The third-order valence-electron chi connectivity index (χ3n) is 3.40. The van der Waals surface area contributed by atoms with E-state index >= 15 is 0 Å². The van der Waals surface area contributed by atoms with Crippen LogP contribution in [0, 0.1) is 0 Å². The largest absolute Gasteiger partial charge is 0.500 e. The van der Waals surface area contributed by atoms with Crippen molar-refractivity contribution in [2.45, 2.75) is 23.2 Å². The van der Waals surface area contributed by atoms with Crippen molar-refractivity contribution in [2.75, 3.05) is 27.1 Å². The molecule has 1 aromatic carbocycles. The maximum Gasteiger partial charge on any atom is 0.500 e. The first kappa shape index (κ1) is 23.6. The van der Waals surface area contributed by atoms with Crippen LogP contribution >= 0.6 is 72.2 Å². The Labute approximate surface area is 182 Å². The minimum atomic E-state index is -2.38. The summed E-state index contributed by atoms with van der Waals surface area (Å²) >= 11 is 1.75. The van der Waals surface area contributed by atoms with Gasteiger partial charge in [-0.2, -0.15) is 0 Å². The van der Waals surface area contributed by atoms with Crippen LogP contribution in [0.15, 0.2) is 28.6 Å². The van der Waals surface area contributed by atoms with Gasteiger partial charge >= 0.3 is 8.80 Å². The van der Waals surface area contributed by atoms with Gasteiger partial charge in [-0.25, -0.2) is 4.98 Å². The smallest absolute Gasteiger partial charge is 0.377 e. The van der Waals surface area contributed by atoms with Gasteiger partial charge in [-0.3, -0.25) is 0 Å². The molecule has 1 heterocycles. The fourth-order valence-corrected chi connectivity index (χ4v) is 16.8. The fraction of sp³-hybridized carbons (Fsp3) is 0.500. The second-order valence-electron chi connectivity index (χ2n) is 4.88. The van der Waals surface area contributed by atoms with E-state index in [1.807, 2.05) is 26.7 Å². The van der Waals surface area contributed by atoms with Crippen LogP contribution in [0.3, 0.4) is 0 Å². The summed E-state index contributed by atoms with van der Waals surface area (Å²) in [6.45, 7) is 0. The monoisotopic (exact) mass is 503 g/mol. The summed E-state index contributed by atoms with van der Waals surface area (Å²) in [4.78, 5) is 4.62. The highest BCUT2D eigenvalue weighted by Gasteiger charge is 2.36. The van der Waals surface area contributed by atoms with Gasteiger partial charge in [-0.15, -0.1) is 11.3 Å². The molecule has 0 radical (unpaired) electrons. The molecule has 0 saturated carbocycles. The first-order valence-corrected chi connectivity index (χ1v) is 18.1. The molecule has 2 aromatic rings. The molecule has 1 aromatic heterocycles. The highest BCUT2D eigenvalue weighted by atomic mass is 33.9. The number of hydrogen-bond acceptors (Lipinski definition) is 11. The average Bonchev–Trinajstić information content (AvgIpc) is 3.09. The van der Waals surface area contributed by atoms with Gasteiger partial charge < -0.3 is 13.3 Å². The number of rotatable bonds is 14. The molecule has 0 bridgehead atoms. The molecule has 0 spiro atoms. The lowest BCUT2D eigenvalue weighted by Crippen LogP contribution is -2.42. The van der Waals surface area contributed by atoms with E-state index in [0.29, 0.717) is 0 Å². The van der Waals surface area contributed by atoms with Crippen LogP contribution in [0.25, 0.3) is 10.2 Å². The lowest BCUT2D eigenvalue weighted by atomic mass is 10.3. The number of thiazole rings is 1. The minimum absolute atomic E-state index is 0.873. The van der Waals surface area contributed by atoms with E-state index in [2.05, 4.69) is 23.2 Å². The van der Waals surface area contributed by atoms with Crippen molar-refractivity contribution >= 4 is 91.2 Å². The van der Waals surface area contributed by atoms with Gasteiger partial charge in [0.2, 0.25) is 0 Å². The second-order valence-corrected chi connectivity index (χ2v) is 18.7. The summed E-state index contributed by atoms with van der Waals surface area (Å²) < 4.78 is 18.7. The van der Waals surface area contributed by atoms with Crippen molar-refractivity contribution in [1.29, 1.82) is 0 Å². The maximum atomic E-state index is 5.43. The van der Waals surface area contributed by atoms with Crippen LogP contribution in [0.5, 0.6) is 0 Å². The molecule has 0 fully saturated rings. The second kappa shape index (κ2) is 13.5. The Morgan fingerprint density at radius 3 is 2.42 bits per heavy atom. The van der Waals surface area contributed by atoms with E-state index in [9.17, 15) is 0 Å². The quantitative estimate of drug-likeness (QED) is 0.149.